The fourth-order valence-corrected chi connectivity index (χ4v) is 3.86. The number of carbonyl (C=O) groups is 1. The summed E-state index contributed by atoms with van der Waals surface area (Å²) >= 11 is 1.48. The molecule has 1 aromatic carbocycles. The van der Waals surface area contributed by atoms with E-state index in [-0.39, 0.29) is 11.3 Å². The molecule has 0 radical (unpaired) electrons. The SMILES string of the molecule is CCc1cc2c(=O)n(NC(=O)c3oc4ccc(OC)cc4c3C)cnc2s1. The number of hydrogen-bond donors (Lipinski definition) is 1. The van der Waals surface area contributed by atoms with Crippen molar-refractivity contribution in [3.8, 4) is 5.75 Å². The second-order valence-corrected chi connectivity index (χ2v) is 7.18. The minimum atomic E-state index is -0.517. The molecule has 0 saturated carbocycles. The van der Waals surface area contributed by atoms with E-state index in [0.29, 0.717) is 27.1 Å². The minimum absolute atomic E-state index is 0.143. The molecule has 1 amide bonds. The van der Waals surface area contributed by atoms with E-state index in [4.69, 9.17) is 9.15 Å². The van der Waals surface area contributed by atoms with Crippen molar-refractivity contribution >= 4 is 38.4 Å². The standard InChI is InChI=1S/C19H17N3O4S/c1-4-12-8-14-18(27-12)20-9-22(19(14)24)21-17(23)16-10(2)13-7-11(25-3)5-6-15(13)26-16/h5-9H,4H2,1-3H3,(H,21,23). The van der Waals surface area contributed by atoms with Crippen molar-refractivity contribution in [1.29, 1.82) is 0 Å². The van der Waals surface area contributed by atoms with Gasteiger partial charge in [-0.2, -0.15) is 0 Å². The summed E-state index contributed by atoms with van der Waals surface area (Å²) in [6.07, 6.45) is 2.15. The number of aromatic nitrogens is 2. The highest BCUT2D eigenvalue weighted by Gasteiger charge is 2.19. The molecule has 138 valence electrons. The molecule has 0 fully saturated rings. The predicted molar refractivity (Wildman–Crippen MR) is 104 cm³/mol. The molecule has 0 aliphatic heterocycles. The summed E-state index contributed by atoms with van der Waals surface area (Å²) < 4.78 is 12.0. The second-order valence-electron chi connectivity index (χ2n) is 6.06. The summed E-state index contributed by atoms with van der Waals surface area (Å²) in [5, 5.41) is 1.27. The molecule has 0 saturated heterocycles. The van der Waals surface area contributed by atoms with E-state index < -0.39 is 5.91 Å². The highest BCUT2D eigenvalue weighted by atomic mass is 32.1. The second kappa shape index (κ2) is 6.55. The van der Waals surface area contributed by atoms with E-state index in [1.165, 1.54) is 17.7 Å². The Bertz CT molecular complexity index is 1240. The number of carbonyl (C=O) groups excluding carboxylic acids is 1. The van der Waals surface area contributed by atoms with Crippen LogP contribution in [0.15, 0.2) is 39.8 Å². The average Bonchev–Trinajstić information content (AvgIpc) is 3.25. The zero-order valence-corrected chi connectivity index (χ0v) is 15.8. The summed E-state index contributed by atoms with van der Waals surface area (Å²) in [4.78, 5) is 31.3. The number of benzene rings is 1. The summed E-state index contributed by atoms with van der Waals surface area (Å²) in [6, 6.07) is 7.13. The lowest BCUT2D eigenvalue weighted by atomic mass is 10.1. The van der Waals surface area contributed by atoms with Crippen molar-refractivity contribution < 1.29 is 13.9 Å². The van der Waals surface area contributed by atoms with Crippen LogP contribution in [0.5, 0.6) is 5.75 Å². The average molecular weight is 383 g/mol. The molecule has 0 spiro atoms. The van der Waals surface area contributed by atoms with Crippen LogP contribution >= 0.6 is 11.3 Å². The molecule has 3 aromatic heterocycles. The zero-order valence-electron chi connectivity index (χ0n) is 15.0. The third-order valence-corrected chi connectivity index (χ3v) is 5.61. The first-order valence-corrected chi connectivity index (χ1v) is 9.22. The third-order valence-electron chi connectivity index (χ3n) is 4.42. The number of hydrogen-bond acceptors (Lipinski definition) is 6. The van der Waals surface area contributed by atoms with Gasteiger partial charge in [0.1, 0.15) is 22.5 Å². The first kappa shape index (κ1) is 17.3. The fourth-order valence-electron chi connectivity index (χ4n) is 2.93. The van der Waals surface area contributed by atoms with Crippen molar-refractivity contribution in [1.82, 2.24) is 9.66 Å². The number of methoxy groups -OCH3 is 1. The zero-order chi connectivity index (χ0) is 19.1. The third kappa shape index (κ3) is 2.87. The lowest BCUT2D eigenvalue weighted by molar-refractivity contribution is 0.0982. The van der Waals surface area contributed by atoms with Crippen LogP contribution in [0, 0.1) is 6.92 Å². The first-order valence-electron chi connectivity index (χ1n) is 8.40. The number of ether oxygens (including phenoxy) is 1. The highest BCUT2D eigenvalue weighted by molar-refractivity contribution is 7.18. The van der Waals surface area contributed by atoms with Gasteiger partial charge in [0.2, 0.25) is 0 Å². The molecule has 1 N–H and O–H groups in total. The highest BCUT2D eigenvalue weighted by Crippen LogP contribution is 2.29. The van der Waals surface area contributed by atoms with Gasteiger partial charge in [-0.3, -0.25) is 15.0 Å². The van der Waals surface area contributed by atoms with Crippen LogP contribution in [-0.4, -0.2) is 22.7 Å². The van der Waals surface area contributed by atoms with Gasteiger partial charge in [-0.05, 0) is 37.6 Å². The van der Waals surface area contributed by atoms with Gasteiger partial charge in [0.25, 0.3) is 5.56 Å². The van der Waals surface area contributed by atoms with Crippen molar-refractivity contribution in [2.75, 3.05) is 12.5 Å². The number of amides is 1. The summed E-state index contributed by atoms with van der Waals surface area (Å²) in [5.41, 5.74) is 3.49. The molecule has 0 aliphatic rings. The van der Waals surface area contributed by atoms with Gasteiger partial charge >= 0.3 is 5.91 Å². The van der Waals surface area contributed by atoms with Gasteiger partial charge in [-0.25, -0.2) is 9.66 Å². The summed E-state index contributed by atoms with van der Waals surface area (Å²) in [5.74, 6) is 0.301. The Kier molecular flexibility index (Phi) is 4.19. The van der Waals surface area contributed by atoms with E-state index in [9.17, 15) is 9.59 Å². The molecule has 4 aromatic rings. The summed E-state index contributed by atoms with van der Waals surface area (Å²) in [7, 11) is 1.58. The van der Waals surface area contributed by atoms with Gasteiger partial charge in [0.15, 0.2) is 5.76 Å². The van der Waals surface area contributed by atoms with Gasteiger partial charge in [0.05, 0.1) is 12.5 Å². The van der Waals surface area contributed by atoms with Crippen molar-refractivity contribution in [2.45, 2.75) is 20.3 Å². The van der Waals surface area contributed by atoms with Gasteiger partial charge < -0.3 is 9.15 Å². The normalized spacial score (nSPS) is 11.2. The van der Waals surface area contributed by atoms with Crippen molar-refractivity contribution in [2.24, 2.45) is 0 Å². The molecule has 0 unspecified atom stereocenters. The Morgan fingerprint density at radius 1 is 1.33 bits per heavy atom. The van der Waals surface area contributed by atoms with E-state index >= 15 is 0 Å². The van der Waals surface area contributed by atoms with Gasteiger partial charge in [-0.1, -0.05) is 6.92 Å². The quantitative estimate of drug-likeness (QED) is 0.583. The van der Waals surface area contributed by atoms with Crippen LogP contribution in [0.25, 0.3) is 21.2 Å². The maximum atomic E-state index is 12.7. The number of rotatable bonds is 4. The number of nitrogens with zero attached hydrogens (tertiary/aromatic N) is 2. The lowest BCUT2D eigenvalue weighted by Gasteiger charge is -2.06. The number of nitrogens with one attached hydrogen (secondary N) is 1. The molecule has 7 nitrogen and oxygen atoms in total. The van der Waals surface area contributed by atoms with E-state index in [1.807, 2.05) is 19.1 Å². The Labute approximate surface area is 158 Å². The van der Waals surface area contributed by atoms with Crippen LogP contribution in [0.4, 0.5) is 0 Å². The Morgan fingerprint density at radius 2 is 2.15 bits per heavy atom. The molecule has 3 heterocycles. The van der Waals surface area contributed by atoms with Crippen molar-refractivity contribution in [3.05, 3.63) is 57.1 Å². The summed E-state index contributed by atoms with van der Waals surface area (Å²) in [6.45, 7) is 3.81. The fraction of sp³-hybridized carbons (Fsp3) is 0.211. The first-order chi connectivity index (χ1) is 13.0. The molecule has 0 aliphatic carbocycles. The number of fused-ring (bicyclic) bond motifs is 2. The molecule has 4 rings (SSSR count). The monoisotopic (exact) mass is 383 g/mol. The van der Waals surface area contributed by atoms with E-state index in [2.05, 4.69) is 10.4 Å². The molecule has 27 heavy (non-hydrogen) atoms. The maximum Gasteiger partial charge on any atom is 0.306 e. The Morgan fingerprint density at radius 3 is 2.89 bits per heavy atom. The van der Waals surface area contributed by atoms with Gasteiger partial charge in [-0.15, -0.1) is 11.3 Å². The smallest absolute Gasteiger partial charge is 0.306 e. The number of furan rings is 1. The van der Waals surface area contributed by atoms with E-state index in [0.717, 1.165) is 21.4 Å². The number of thiophene rings is 1. The van der Waals surface area contributed by atoms with Crippen LogP contribution in [-0.2, 0) is 6.42 Å². The minimum Gasteiger partial charge on any atom is -0.497 e. The maximum absolute atomic E-state index is 12.7. The molecule has 0 bridgehead atoms. The molecule has 8 heteroatoms. The Balaban J connectivity index is 1.71. The predicted octanol–water partition coefficient (Wildman–Crippen LogP) is 3.47. The van der Waals surface area contributed by atoms with Crippen LogP contribution in [0.3, 0.4) is 0 Å². The largest absolute Gasteiger partial charge is 0.497 e. The number of aryl methyl sites for hydroxylation is 2. The lowest BCUT2D eigenvalue weighted by Crippen LogP contribution is -2.33. The van der Waals surface area contributed by atoms with E-state index in [1.54, 1.807) is 26.2 Å². The Hall–Kier alpha value is -3.13. The van der Waals surface area contributed by atoms with Gasteiger partial charge in [0, 0.05) is 15.8 Å². The molecular weight excluding hydrogens is 366 g/mol. The van der Waals surface area contributed by atoms with Crippen molar-refractivity contribution in [3.63, 3.8) is 0 Å². The van der Waals surface area contributed by atoms with Crippen LogP contribution in [0.1, 0.15) is 27.9 Å². The molecular formula is C19H17N3O4S. The topological polar surface area (TPSA) is 86.4 Å². The molecule has 0 atom stereocenters. The van der Waals surface area contributed by atoms with Crippen LogP contribution < -0.4 is 15.7 Å². The van der Waals surface area contributed by atoms with Crippen LogP contribution in [0.2, 0.25) is 0 Å².